The normalized spacial score (nSPS) is 11.5. The molecule has 0 fully saturated rings. The summed E-state index contributed by atoms with van der Waals surface area (Å²) < 4.78 is 5.85. The molecule has 0 aliphatic carbocycles. The minimum atomic E-state index is 0.486. The molecule has 11 heavy (non-hydrogen) atoms. The van der Waals surface area contributed by atoms with Crippen LogP contribution >= 0.6 is 0 Å². The second kappa shape index (κ2) is 6.66. The summed E-state index contributed by atoms with van der Waals surface area (Å²) in [4.78, 5) is 0. The average Bonchev–Trinajstić information content (AvgIpc) is 2.07. The molecule has 0 atom stereocenters. The van der Waals surface area contributed by atoms with Crippen LogP contribution in [-0.4, -0.2) is 12.2 Å². The van der Waals surface area contributed by atoms with Gasteiger partial charge >= 0.3 is 0 Å². The van der Waals surface area contributed by atoms with E-state index in [2.05, 4.69) is 27.7 Å². The molecule has 1 heteroatoms. The van der Waals surface area contributed by atoms with Crippen molar-refractivity contribution in [3.8, 4) is 0 Å². The van der Waals surface area contributed by atoms with E-state index >= 15 is 0 Å². The maximum atomic E-state index is 5.85. The first-order valence-corrected chi connectivity index (χ1v) is 4.93. The van der Waals surface area contributed by atoms with E-state index in [0.29, 0.717) is 12.2 Å². The number of hydrogen-bond donors (Lipinski definition) is 0. The van der Waals surface area contributed by atoms with Gasteiger partial charge in [0.05, 0.1) is 12.2 Å². The molecular weight excluding hydrogens is 136 g/mol. The molecular formula is C10H22O. The van der Waals surface area contributed by atoms with Gasteiger partial charge in [-0.15, -0.1) is 0 Å². The highest BCUT2D eigenvalue weighted by molar-refractivity contribution is 4.58. The van der Waals surface area contributed by atoms with Crippen LogP contribution in [0, 0.1) is 0 Å². The zero-order valence-corrected chi connectivity index (χ0v) is 8.39. The molecule has 0 aliphatic heterocycles. The fraction of sp³-hybridized carbons (Fsp3) is 1.00. The Bertz CT molecular complexity index is 62.9. The Morgan fingerprint density at radius 3 is 1.18 bits per heavy atom. The van der Waals surface area contributed by atoms with E-state index in [1.807, 2.05) is 0 Å². The number of hydrogen-bond acceptors (Lipinski definition) is 1. The Kier molecular flexibility index (Phi) is 6.63. The number of rotatable bonds is 6. The van der Waals surface area contributed by atoms with Crippen LogP contribution in [0.2, 0.25) is 0 Å². The first kappa shape index (κ1) is 11.0. The van der Waals surface area contributed by atoms with Crippen molar-refractivity contribution in [1.29, 1.82) is 0 Å². The van der Waals surface area contributed by atoms with Crippen LogP contribution in [0.15, 0.2) is 0 Å². The van der Waals surface area contributed by atoms with Crippen molar-refractivity contribution >= 4 is 0 Å². The zero-order valence-electron chi connectivity index (χ0n) is 8.39. The molecule has 0 bridgehead atoms. The second-order valence-corrected chi connectivity index (χ2v) is 3.01. The van der Waals surface area contributed by atoms with Crippen LogP contribution < -0.4 is 0 Å². The van der Waals surface area contributed by atoms with Crippen LogP contribution in [0.1, 0.15) is 53.4 Å². The second-order valence-electron chi connectivity index (χ2n) is 3.01. The van der Waals surface area contributed by atoms with Crippen LogP contribution in [0.3, 0.4) is 0 Å². The number of ether oxygens (including phenoxy) is 1. The molecule has 1 nitrogen and oxygen atoms in total. The lowest BCUT2D eigenvalue weighted by Crippen LogP contribution is -2.19. The predicted molar refractivity (Wildman–Crippen MR) is 49.8 cm³/mol. The van der Waals surface area contributed by atoms with Crippen molar-refractivity contribution < 1.29 is 4.74 Å². The zero-order chi connectivity index (χ0) is 8.69. The standard InChI is InChI=1S/C10H22O/c1-5-9(6-2)11-10(7-3)8-4/h9-10H,5-8H2,1-4H3. The minimum Gasteiger partial charge on any atom is -0.375 e. The largest absolute Gasteiger partial charge is 0.375 e. The molecule has 0 heterocycles. The van der Waals surface area contributed by atoms with E-state index in [0.717, 1.165) is 25.7 Å². The molecule has 0 saturated carbocycles. The molecule has 0 N–H and O–H groups in total. The summed E-state index contributed by atoms with van der Waals surface area (Å²) in [5, 5.41) is 0. The Morgan fingerprint density at radius 1 is 0.727 bits per heavy atom. The highest BCUT2D eigenvalue weighted by atomic mass is 16.5. The molecule has 0 aromatic carbocycles. The average molecular weight is 158 g/mol. The smallest absolute Gasteiger partial charge is 0.0573 e. The topological polar surface area (TPSA) is 9.23 Å². The molecule has 0 unspecified atom stereocenters. The molecule has 0 radical (unpaired) electrons. The first-order valence-electron chi connectivity index (χ1n) is 4.93. The predicted octanol–water partition coefficient (Wildman–Crippen LogP) is 3.38. The SMILES string of the molecule is CCC(CC)OC(CC)CC. The van der Waals surface area contributed by atoms with Gasteiger partial charge in [-0.25, -0.2) is 0 Å². The molecule has 0 amide bonds. The molecule has 0 aromatic heterocycles. The van der Waals surface area contributed by atoms with Crippen LogP contribution in [0.4, 0.5) is 0 Å². The van der Waals surface area contributed by atoms with Gasteiger partial charge in [0.25, 0.3) is 0 Å². The van der Waals surface area contributed by atoms with Gasteiger partial charge in [-0.3, -0.25) is 0 Å². The summed E-state index contributed by atoms with van der Waals surface area (Å²) in [7, 11) is 0. The van der Waals surface area contributed by atoms with Gasteiger partial charge in [0, 0.05) is 0 Å². The lowest BCUT2D eigenvalue weighted by atomic mass is 10.2. The molecule has 0 aromatic rings. The Balaban J connectivity index is 3.58. The molecule has 68 valence electrons. The third-order valence-electron chi connectivity index (χ3n) is 2.21. The summed E-state index contributed by atoms with van der Waals surface area (Å²) in [6.07, 6.45) is 5.56. The fourth-order valence-corrected chi connectivity index (χ4v) is 1.23. The van der Waals surface area contributed by atoms with Crippen molar-refractivity contribution in [2.24, 2.45) is 0 Å². The van der Waals surface area contributed by atoms with Gasteiger partial charge in [-0.2, -0.15) is 0 Å². The van der Waals surface area contributed by atoms with Gasteiger partial charge in [-0.1, -0.05) is 27.7 Å². The summed E-state index contributed by atoms with van der Waals surface area (Å²) >= 11 is 0. The monoisotopic (exact) mass is 158 g/mol. The van der Waals surface area contributed by atoms with E-state index in [-0.39, 0.29) is 0 Å². The fourth-order valence-electron chi connectivity index (χ4n) is 1.23. The van der Waals surface area contributed by atoms with Gasteiger partial charge < -0.3 is 4.74 Å². The van der Waals surface area contributed by atoms with E-state index < -0.39 is 0 Å². The van der Waals surface area contributed by atoms with Crippen molar-refractivity contribution in [2.75, 3.05) is 0 Å². The lowest BCUT2D eigenvalue weighted by molar-refractivity contribution is -0.0188. The molecule has 0 rings (SSSR count). The van der Waals surface area contributed by atoms with Gasteiger partial charge in [0.15, 0.2) is 0 Å². The van der Waals surface area contributed by atoms with Crippen LogP contribution in [0.5, 0.6) is 0 Å². The molecule has 0 spiro atoms. The highest BCUT2D eigenvalue weighted by Gasteiger charge is 2.09. The van der Waals surface area contributed by atoms with Crippen LogP contribution in [-0.2, 0) is 4.74 Å². The Morgan fingerprint density at radius 2 is 1.00 bits per heavy atom. The Labute approximate surface area is 71.1 Å². The van der Waals surface area contributed by atoms with Gasteiger partial charge in [0.1, 0.15) is 0 Å². The van der Waals surface area contributed by atoms with E-state index in [4.69, 9.17) is 4.74 Å². The van der Waals surface area contributed by atoms with Crippen molar-refractivity contribution in [2.45, 2.75) is 65.6 Å². The van der Waals surface area contributed by atoms with Crippen molar-refractivity contribution in [1.82, 2.24) is 0 Å². The maximum Gasteiger partial charge on any atom is 0.0573 e. The first-order chi connectivity index (χ1) is 5.28. The third kappa shape index (κ3) is 4.41. The molecule has 0 aliphatic rings. The maximum absolute atomic E-state index is 5.85. The summed E-state index contributed by atoms with van der Waals surface area (Å²) in [5.74, 6) is 0. The molecule has 0 saturated heterocycles. The minimum absolute atomic E-state index is 0.486. The Hall–Kier alpha value is -0.0400. The quantitative estimate of drug-likeness (QED) is 0.576. The van der Waals surface area contributed by atoms with E-state index in [1.54, 1.807) is 0 Å². The summed E-state index contributed by atoms with van der Waals surface area (Å²) in [6.45, 7) is 8.76. The highest BCUT2D eigenvalue weighted by Crippen LogP contribution is 2.11. The van der Waals surface area contributed by atoms with Crippen LogP contribution in [0.25, 0.3) is 0 Å². The van der Waals surface area contributed by atoms with Gasteiger partial charge in [0.2, 0.25) is 0 Å². The summed E-state index contributed by atoms with van der Waals surface area (Å²) in [6, 6.07) is 0. The lowest BCUT2D eigenvalue weighted by Gasteiger charge is -2.20. The summed E-state index contributed by atoms with van der Waals surface area (Å²) in [5.41, 5.74) is 0. The third-order valence-corrected chi connectivity index (χ3v) is 2.21. The van der Waals surface area contributed by atoms with E-state index in [9.17, 15) is 0 Å². The van der Waals surface area contributed by atoms with Gasteiger partial charge in [-0.05, 0) is 25.7 Å². The van der Waals surface area contributed by atoms with Crippen molar-refractivity contribution in [3.05, 3.63) is 0 Å². The van der Waals surface area contributed by atoms with E-state index in [1.165, 1.54) is 0 Å². The van der Waals surface area contributed by atoms with Crippen molar-refractivity contribution in [3.63, 3.8) is 0 Å².